The highest BCUT2D eigenvalue weighted by Gasteiger charge is 2.25. The molecule has 2 aromatic rings. The van der Waals surface area contributed by atoms with E-state index < -0.39 is 0 Å². The Hall–Kier alpha value is -2.40. The quantitative estimate of drug-likeness (QED) is 0.859. The Bertz CT molecular complexity index is 781. The fraction of sp³-hybridized carbons (Fsp3) is 0.381. The number of nitrogens with zero attached hydrogens (tertiary/aromatic N) is 1. The Morgan fingerprint density at radius 3 is 2.58 bits per heavy atom. The molecule has 2 aromatic carbocycles. The highest BCUT2D eigenvalue weighted by atomic mass is 19.1. The van der Waals surface area contributed by atoms with Gasteiger partial charge in [-0.1, -0.05) is 12.1 Å². The Morgan fingerprint density at radius 1 is 1.15 bits per heavy atom. The molecule has 0 unspecified atom stereocenters. The van der Waals surface area contributed by atoms with Crippen molar-refractivity contribution in [1.82, 2.24) is 5.32 Å². The number of halogens is 1. The number of hydrogen-bond donors (Lipinski definition) is 2. The lowest BCUT2D eigenvalue weighted by Crippen LogP contribution is -2.44. The number of fused-ring (bicyclic) bond motifs is 1. The molecule has 0 fully saturated rings. The van der Waals surface area contributed by atoms with Crippen molar-refractivity contribution in [2.45, 2.75) is 39.3 Å². The van der Waals surface area contributed by atoms with Gasteiger partial charge >= 0.3 is 0 Å². The SMILES string of the molecule is CC(C)(C)NCC(=O)N1CCc2cc(NCc3ccc(F)cc3)ccc21. The topological polar surface area (TPSA) is 44.4 Å². The number of rotatable bonds is 5. The molecule has 0 aromatic heterocycles. The molecule has 4 nitrogen and oxygen atoms in total. The zero-order chi connectivity index (χ0) is 18.7. The third kappa shape index (κ3) is 4.61. The smallest absolute Gasteiger partial charge is 0.240 e. The predicted molar refractivity (Wildman–Crippen MR) is 104 cm³/mol. The molecule has 0 aliphatic carbocycles. The van der Waals surface area contributed by atoms with Crippen LogP contribution in [-0.2, 0) is 17.8 Å². The summed E-state index contributed by atoms with van der Waals surface area (Å²) >= 11 is 0. The van der Waals surface area contributed by atoms with E-state index in [0.717, 1.165) is 29.9 Å². The summed E-state index contributed by atoms with van der Waals surface area (Å²) in [5.74, 6) is -0.123. The van der Waals surface area contributed by atoms with Crippen LogP contribution in [0.5, 0.6) is 0 Å². The van der Waals surface area contributed by atoms with Gasteiger partial charge in [0.05, 0.1) is 6.54 Å². The van der Waals surface area contributed by atoms with Crippen molar-refractivity contribution >= 4 is 17.3 Å². The maximum atomic E-state index is 13.0. The fourth-order valence-corrected chi connectivity index (χ4v) is 3.01. The molecule has 0 spiro atoms. The van der Waals surface area contributed by atoms with Crippen molar-refractivity contribution in [2.75, 3.05) is 23.3 Å². The highest BCUT2D eigenvalue weighted by molar-refractivity contribution is 5.97. The van der Waals surface area contributed by atoms with Crippen LogP contribution >= 0.6 is 0 Å². The Morgan fingerprint density at radius 2 is 1.88 bits per heavy atom. The van der Waals surface area contributed by atoms with Crippen LogP contribution in [0.4, 0.5) is 15.8 Å². The summed E-state index contributed by atoms with van der Waals surface area (Å²) in [6.07, 6.45) is 0.864. The number of nitrogens with one attached hydrogen (secondary N) is 2. The standard InChI is InChI=1S/C21H26FN3O/c1-21(2,3)24-14-20(26)25-11-10-16-12-18(8-9-19(16)25)23-13-15-4-6-17(22)7-5-15/h4-9,12,23-24H,10-11,13-14H2,1-3H3. The van der Waals surface area contributed by atoms with Crippen molar-refractivity contribution in [3.05, 3.63) is 59.4 Å². The Balaban J connectivity index is 1.62. The molecule has 26 heavy (non-hydrogen) atoms. The minimum absolute atomic E-state index is 0.0770. The van der Waals surface area contributed by atoms with Crippen LogP contribution in [0.1, 0.15) is 31.9 Å². The monoisotopic (exact) mass is 355 g/mol. The lowest BCUT2D eigenvalue weighted by molar-refractivity contribution is -0.118. The number of anilines is 2. The van der Waals surface area contributed by atoms with Gasteiger partial charge in [-0.15, -0.1) is 0 Å². The average molecular weight is 355 g/mol. The van der Waals surface area contributed by atoms with E-state index in [-0.39, 0.29) is 17.3 Å². The summed E-state index contributed by atoms with van der Waals surface area (Å²) in [7, 11) is 0. The second-order valence-electron chi connectivity index (χ2n) is 7.72. The van der Waals surface area contributed by atoms with Crippen LogP contribution in [0, 0.1) is 5.82 Å². The van der Waals surface area contributed by atoms with E-state index >= 15 is 0 Å². The number of amides is 1. The van der Waals surface area contributed by atoms with Crippen LogP contribution in [0.3, 0.4) is 0 Å². The molecule has 1 aliphatic heterocycles. The molecule has 5 heteroatoms. The van der Waals surface area contributed by atoms with Crippen LogP contribution in [0.15, 0.2) is 42.5 Å². The summed E-state index contributed by atoms with van der Waals surface area (Å²) in [5, 5.41) is 6.61. The van der Waals surface area contributed by atoms with Gasteiger partial charge in [0.25, 0.3) is 0 Å². The van der Waals surface area contributed by atoms with E-state index in [0.29, 0.717) is 13.1 Å². The van der Waals surface area contributed by atoms with Gasteiger partial charge in [-0.25, -0.2) is 4.39 Å². The van der Waals surface area contributed by atoms with Crippen LogP contribution < -0.4 is 15.5 Å². The van der Waals surface area contributed by atoms with E-state index in [4.69, 9.17) is 0 Å². The first-order chi connectivity index (χ1) is 12.3. The van der Waals surface area contributed by atoms with Crippen molar-refractivity contribution in [1.29, 1.82) is 0 Å². The van der Waals surface area contributed by atoms with Gasteiger partial charge in [0.2, 0.25) is 5.91 Å². The Labute approximate surface area is 154 Å². The number of hydrogen-bond acceptors (Lipinski definition) is 3. The first kappa shape index (κ1) is 18.4. The lowest BCUT2D eigenvalue weighted by Gasteiger charge is -2.23. The summed E-state index contributed by atoms with van der Waals surface area (Å²) in [5.41, 5.74) is 4.13. The fourth-order valence-electron chi connectivity index (χ4n) is 3.01. The third-order valence-corrected chi connectivity index (χ3v) is 4.46. The molecule has 3 rings (SSSR count). The molecule has 1 amide bonds. The van der Waals surface area contributed by atoms with E-state index in [2.05, 4.69) is 37.5 Å². The third-order valence-electron chi connectivity index (χ3n) is 4.46. The second-order valence-corrected chi connectivity index (χ2v) is 7.72. The van der Waals surface area contributed by atoms with Crippen molar-refractivity contribution in [2.24, 2.45) is 0 Å². The van der Waals surface area contributed by atoms with Gasteiger partial charge < -0.3 is 15.5 Å². The van der Waals surface area contributed by atoms with Gasteiger partial charge in [-0.05, 0) is 68.7 Å². The average Bonchev–Trinajstić information content (AvgIpc) is 3.02. The molecular formula is C21H26FN3O. The molecule has 1 heterocycles. The summed E-state index contributed by atoms with van der Waals surface area (Å²) in [4.78, 5) is 14.4. The van der Waals surface area contributed by atoms with Crippen LogP contribution in [0.25, 0.3) is 0 Å². The summed E-state index contributed by atoms with van der Waals surface area (Å²) in [6.45, 7) is 7.86. The lowest BCUT2D eigenvalue weighted by atomic mass is 10.1. The molecule has 0 radical (unpaired) electrons. The Kier molecular flexibility index (Phi) is 5.28. The molecule has 0 saturated heterocycles. The molecule has 0 saturated carbocycles. The maximum absolute atomic E-state index is 13.0. The van der Waals surface area contributed by atoms with Gasteiger partial charge in [0.1, 0.15) is 5.82 Å². The molecule has 0 bridgehead atoms. The largest absolute Gasteiger partial charge is 0.381 e. The zero-order valence-corrected chi connectivity index (χ0v) is 15.6. The predicted octanol–water partition coefficient (Wildman–Crippen LogP) is 3.72. The molecule has 1 aliphatic rings. The normalized spacial score (nSPS) is 13.6. The van der Waals surface area contributed by atoms with Gasteiger partial charge in [-0.2, -0.15) is 0 Å². The molecule has 0 atom stereocenters. The van der Waals surface area contributed by atoms with Crippen LogP contribution in [0.2, 0.25) is 0 Å². The van der Waals surface area contributed by atoms with E-state index in [1.165, 1.54) is 17.7 Å². The first-order valence-corrected chi connectivity index (χ1v) is 8.98. The first-order valence-electron chi connectivity index (χ1n) is 8.98. The minimum Gasteiger partial charge on any atom is -0.381 e. The number of carbonyl (C=O) groups excluding carboxylic acids is 1. The molecule has 2 N–H and O–H groups in total. The van der Waals surface area contributed by atoms with Crippen molar-refractivity contribution in [3.8, 4) is 0 Å². The van der Waals surface area contributed by atoms with Gasteiger partial charge in [0.15, 0.2) is 0 Å². The maximum Gasteiger partial charge on any atom is 0.240 e. The van der Waals surface area contributed by atoms with E-state index in [1.54, 1.807) is 12.1 Å². The zero-order valence-electron chi connectivity index (χ0n) is 15.6. The van der Waals surface area contributed by atoms with Crippen molar-refractivity contribution in [3.63, 3.8) is 0 Å². The van der Waals surface area contributed by atoms with Crippen molar-refractivity contribution < 1.29 is 9.18 Å². The number of carbonyl (C=O) groups is 1. The van der Waals surface area contributed by atoms with Gasteiger partial charge in [-0.3, -0.25) is 4.79 Å². The van der Waals surface area contributed by atoms with E-state index in [1.807, 2.05) is 17.0 Å². The molecular weight excluding hydrogens is 329 g/mol. The van der Waals surface area contributed by atoms with Crippen LogP contribution in [-0.4, -0.2) is 24.5 Å². The second kappa shape index (κ2) is 7.46. The minimum atomic E-state index is -0.225. The molecule has 138 valence electrons. The van der Waals surface area contributed by atoms with E-state index in [9.17, 15) is 9.18 Å². The summed E-state index contributed by atoms with van der Waals surface area (Å²) in [6, 6.07) is 12.6. The highest BCUT2D eigenvalue weighted by Crippen LogP contribution is 2.30. The van der Waals surface area contributed by atoms with Gasteiger partial charge in [0, 0.05) is 30.0 Å². The number of benzene rings is 2. The summed E-state index contributed by atoms with van der Waals surface area (Å²) < 4.78 is 13.0.